The van der Waals surface area contributed by atoms with Gasteiger partial charge in [0.25, 0.3) is 0 Å². The molecule has 1 aliphatic rings. The Morgan fingerprint density at radius 1 is 1.19 bits per heavy atom. The van der Waals surface area contributed by atoms with Gasteiger partial charge in [0.1, 0.15) is 0 Å². The zero-order valence-electron chi connectivity index (χ0n) is 11.9. The van der Waals surface area contributed by atoms with E-state index in [2.05, 4.69) is 21.9 Å². The third-order valence-electron chi connectivity index (χ3n) is 3.11. The smallest absolute Gasteiger partial charge is 0.223 e. The molecule has 0 amide bonds. The Hall–Kier alpha value is -1.50. The van der Waals surface area contributed by atoms with Crippen LogP contribution < -0.4 is 11.5 Å². The van der Waals surface area contributed by atoms with Crippen LogP contribution in [-0.4, -0.2) is 54.9 Å². The predicted molar refractivity (Wildman–Crippen MR) is 90.7 cm³/mol. The van der Waals surface area contributed by atoms with Gasteiger partial charge in [-0.1, -0.05) is 17.7 Å². The van der Waals surface area contributed by atoms with Crippen LogP contribution in [0.3, 0.4) is 0 Å². The molecule has 0 unspecified atom stereocenters. The van der Waals surface area contributed by atoms with Gasteiger partial charge in [-0.2, -0.15) is 4.99 Å². The Labute approximate surface area is 135 Å². The van der Waals surface area contributed by atoms with Gasteiger partial charge in [0, 0.05) is 31.2 Å². The molecule has 1 aliphatic heterocycles. The van der Waals surface area contributed by atoms with Crippen molar-refractivity contribution in [3.63, 3.8) is 0 Å². The summed E-state index contributed by atoms with van der Waals surface area (Å²) >= 11 is 5.89. The van der Waals surface area contributed by atoms with Crippen molar-refractivity contribution in [3.8, 4) is 0 Å². The fourth-order valence-corrected chi connectivity index (χ4v) is 2.11. The fourth-order valence-electron chi connectivity index (χ4n) is 1.93. The highest BCUT2D eigenvalue weighted by Crippen LogP contribution is 2.17. The first-order chi connectivity index (χ1) is 9.54. The number of hydrogen-bond acceptors (Lipinski definition) is 2. The SMILES string of the molecule is CN1CCN(C(N)=NC(N)=Nc2cccc(Cl)c2)CC1.Cl. The number of halogens is 2. The maximum Gasteiger partial charge on any atom is 0.223 e. The lowest BCUT2D eigenvalue weighted by Gasteiger charge is -2.32. The highest BCUT2D eigenvalue weighted by molar-refractivity contribution is 6.30. The van der Waals surface area contributed by atoms with E-state index in [1.165, 1.54) is 0 Å². The lowest BCUT2D eigenvalue weighted by molar-refractivity contribution is 0.214. The summed E-state index contributed by atoms with van der Waals surface area (Å²) in [7, 11) is 2.08. The number of hydrogen-bond donors (Lipinski definition) is 2. The minimum absolute atomic E-state index is 0. The molecule has 1 fully saturated rings. The summed E-state index contributed by atoms with van der Waals surface area (Å²) in [6.07, 6.45) is 0. The van der Waals surface area contributed by atoms with Crippen molar-refractivity contribution in [2.45, 2.75) is 0 Å². The third-order valence-corrected chi connectivity index (χ3v) is 3.34. The summed E-state index contributed by atoms with van der Waals surface area (Å²) in [6.45, 7) is 3.61. The Kier molecular flexibility index (Phi) is 6.74. The van der Waals surface area contributed by atoms with Gasteiger partial charge in [0.2, 0.25) is 5.96 Å². The number of nitrogens with zero attached hydrogens (tertiary/aromatic N) is 4. The second kappa shape index (κ2) is 8.07. The van der Waals surface area contributed by atoms with Crippen LogP contribution >= 0.6 is 24.0 Å². The van der Waals surface area contributed by atoms with E-state index >= 15 is 0 Å². The molecule has 0 aromatic heterocycles. The van der Waals surface area contributed by atoms with Gasteiger partial charge in [0.15, 0.2) is 5.96 Å². The molecule has 1 heterocycles. The van der Waals surface area contributed by atoms with Gasteiger partial charge in [-0.05, 0) is 25.2 Å². The molecule has 0 saturated carbocycles. The van der Waals surface area contributed by atoms with Crippen LogP contribution in [0.15, 0.2) is 34.3 Å². The maximum absolute atomic E-state index is 5.95. The average Bonchev–Trinajstić information content (AvgIpc) is 2.39. The van der Waals surface area contributed by atoms with E-state index in [1.807, 2.05) is 11.0 Å². The van der Waals surface area contributed by atoms with E-state index in [4.69, 9.17) is 23.1 Å². The molecule has 0 radical (unpaired) electrons. The molecule has 116 valence electrons. The number of likely N-dealkylation sites (N-methyl/N-ethyl adjacent to an activating group) is 1. The number of piperazine rings is 1. The highest BCUT2D eigenvalue weighted by atomic mass is 35.5. The van der Waals surface area contributed by atoms with Gasteiger partial charge in [-0.3, -0.25) is 0 Å². The lowest BCUT2D eigenvalue weighted by atomic mass is 10.3. The third kappa shape index (κ3) is 5.41. The van der Waals surface area contributed by atoms with Crippen LogP contribution in [0.4, 0.5) is 5.69 Å². The molecule has 0 spiro atoms. The van der Waals surface area contributed by atoms with E-state index in [0.29, 0.717) is 16.7 Å². The van der Waals surface area contributed by atoms with Crippen LogP contribution in [0.25, 0.3) is 0 Å². The summed E-state index contributed by atoms with van der Waals surface area (Å²) < 4.78 is 0. The van der Waals surface area contributed by atoms with E-state index in [-0.39, 0.29) is 18.4 Å². The molecule has 1 aromatic carbocycles. The van der Waals surface area contributed by atoms with Crippen molar-refractivity contribution in [1.29, 1.82) is 0 Å². The second-order valence-electron chi connectivity index (χ2n) is 4.71. The van der Waals surface area contributed by atoms with Crippen LogP contribution in [-0.2, 0) is 0 Å². The summed E-state index contributed by atoms with van der Waals surface area (Å²) in [5.74, 6) is 0.532. The van der Waals surface area contributed by atoms with Gasteiger partial charge in [-0.25, -0.2) is 4.99 Å². The number of rotatable bonds is 1. The van der Waals surface area contributed by atoms with Gasteiger partial charge >= 0.3 is 0 Å². The van der Waals surface area contributed by atoms with Crippen LogP contribution in [0.1, 0.15) is 0 Å². The first-order valence-corrected chi connectivity index (χ1v) is 6.80. The first-order valence-electron chi connectivity index (χ1n) is 6.42. The molecule has 0 aliphatic carbocycles. The van der Waals surface area contributed by atoms with Crippen molar-refractivity contribution in [2.24, 2.45) is 21.5 Å². The molecule has 1 aromatic rings. The van der Waals surface area contributed by atoms with Gasteiger partial charge < -0.3 is 21.3 Å². The summed E-state index contributed by atoms with van der Waals surface area (Å²) in [5.41, 5.74) is 12.4. The summed E-state index contributed by atoms with van der Waals surface area (Å²) in [4.78, 5) is 12.6. The Morgan fingerprint density at radius 2 is 1.86 bits per heavy atom. The maximum atomic E-state index is 5.95. The zero-order valence-corrected chi connectivity index (χ0v) is 13.4. The van der Waals surface area contributed by atoms with Crippen molar-refractivity contribution in [2.75, 3.05) is 33.2 Å². The quantitative estimate of drug-likeness (QED) is 0.600. The monoisotopic (exact) mass is 330 g/mol. The molecule has 6 nitrogen and oxygen atoms in total. The summed E-state index contributed by atoms with van der Waals surface area (Å²) in [5, 5.41) is 0.607. The first kappa shape index (κ1) is 17.6. The molecule has 0 atom stereocenters. The standard InChI is InChI=1S/C13H19ClN6.ClH/c1-19-5-7-20(8-6-19)13(16)18-12(15)17-11-4-2-3-10(14)9-11;/h2-4,9H,5-8H2,1H3,(H4,15,16,17,18);1H. The topological polar surface area (TPSA) is 83.2 Å². The predicted octanol–water partition coefficient (Wildman–Crippen LogP) is 1.27. The largest absolute Gasteiger partial charge is 0.369 e. The van der Waals surface area contributed by atoms with Gasteiger partial charge in [0.05, 0.1) is 5.69 Å². The fraction of sp³-hybridized carbons (Fsp3) is 0.385. The van der Waals surface area contributed by atoms with Gasteiger partial charge in [-0.15, -0.1) is 12.4 Å². The Morgan fingerprint density at radius 3 is 2.48 bits per heavy atom. The average molecular weight is 331 g/mol. The second-order valence-corrected chi connectivity index (χ2v) is 5.15. The lowest BCUT2D eigenvalue weighted by Crippen LogP contribution is -2.50. The van der Waals surface area contributed by atoms with Crippen molar-refractivity contribution < 1.29 is 0 Å². The molecule has 1 saturated heterocycles. The molecular formula is C13H20Cl2N6. The zero-order chi connectivity index (χ0) is 14.5. The van der Waals surface area contributed by atoms with Crippen molar-refractivity contribution in [1.82, 2.24) is 9.80 Å². The molecule has 2 rings (SSSR count). The summed E-state index contributed by atoms with van der Waals surface area (Å²) in [6, 6.07) is 7.11. The molecular weight excluding hydrogens is 311 g/mol. The molecule has 0 bridgehead atoms. The van der Waals surface area contributed by atoms with E-state index < -0.39 is 0 Å². The number of aliphatic imine (C=N–C) groups is 2. The normalized spacial score (nSPS) is 17.5. The highest BCUT2D eigenvalue weighted by Gasteiger charge is 2.15. The number of nitrogens with two attached hydrogens (primary N) is 2. The van der Waals surface area contributed by atoms with Crippen molar-refractivity contribution in [3.05, 3.63) is 29.3 Å². The molecule has 8 heteroatoms. The van der Waals surface area contributed by atoms with Crippen LogP contribution in [0.2, 0.25) is 5.02 Å². The van der Waals surface area contributed by atoms with E-state index in [1.54, 1.807) is 18.2 Å². The Bertz CT molecular complexity index is 523. The van der Waals surface area contributed by atoms with Crippen LogP contribution in [0.5, 0.6) is 0 Å². The number of guanidine groups is 2. The number of benzene rings is 1. The molecule has 21 heavy (non-hydrogen) atoms. The van der Waals surface area contributed by atoms with Crippen LogP contribution in [0, 0.1) is 0 Å². The van der Waals surface area contributed by atoms with E-state index in [0.717, 1.165) is 26.2 Å². The minimum Gasteiger partial charge on any atom is -0.369 e. The van der Waals surface area contributed by atoms with Crippen molar-refractivity contribution >= 4 is 41.6 Å². The minimum atomic E-state index is 0. The Balaban J connectivity index is 0.00000220. The van der Waals surface area contributed by atoms with E-state index in [9.17, 15) is 0 Å². The molecule has 4 N–H and O–H groups in total.